The van der Waals surface area contributed by atoms with Crippen LogP contribution in [-0.4, -0.2) is 41.6 Å². The minimum Gasteiger partial charge on any atom is -0.484 e. The van der Waals surface area contributed by atoms with E-state index in [2.05, 4.69) is 0 Å². The second-order valence-corrected chi connectivity index (χ2v) is 4.55. The van der Waals surface area contributed by atoms with Gasteiger partial charge in [-0.25, -0.2) is 4.79 Å². The fourth-order valence-electron chi connectivity index (χ4n) is 1.43. The molecule has 0 aromatic heterocycles. The SMILES string of the molecule is Cc1ccc(OCC(=O)N(C)C(C)C(=O)O)cc1C. The summed E-state index contributed by atoms with van der Waals surface area (Å²) >= 11 is 0. The molecule has 0 aliphatic heterocycles. The van der Waals surface area contributed by atoms with E-state index in [9.17, 15) is 9.59 Å². The fraction of sp³-hybridized carbons (Fsp3) is 0.429. The van der Waals surface area contributed by atoms with Gasteiger partial charge in [-0.05, 0) is 44.0 Å². The zero-order valence-corrected chi connectivity index (χ0v) is 11.6. The number of carboxylic acid groups (broad SMARTS) is 1. The number of aryl methyl sites for hydroxylation is 2. The lowest BCUT2D eigenvalue weighted by molar-refractivity contribution is -0.148. The zero-order valence-electron chi connectivity index (χ0n) is 11.6. The predicted molar refractivity (Wildman–Crippen MR) is 71.3 cm³/mol. The Bertz CT molecular complexity index is 484. The number of carbonyl (C=O) groups excluding carboxylic acids is 1. The van der Waals surface area contributed by atoms with Crippen LogP contribution in [0.2, 0.25) is 0 Å². The highest BCUT2D eigenvalue weighted by Crippen LogP contribution is 2.16. The Balaban J connectivity index is 2.59. The first-order valence-electron chi connectivity index (χ1n) is 6.01. The van der Waals surface area contributed by atoms with E-state index in [1.54, 1.807) is 6.07 Å². The lowest BCUT2D eigenvalue weighted by Crippen LogP contribution is -2.42. The molecular formula is C14H19NO4. The van der Waals surface area contributed by atoms with Crippen molar-refractivity contribution in [3.05, 3.63) is 29.3 Å². The summed E-state index contributed by atoms with van der Waals surface area (Å²) in [7, 11) is 1.45. The molecule has 0 aliphatic rings. The van der Waals surface area contributed by atoms with Crippen molar-refractivity contribution in [3.63, 3.8) is 0 Å². The van der Waals surface area contributed by atoms with Gasteiger partial charge in [0.15, 0.2) is 6.61 Å². The largest absolute Gasteiger partial charge is 0.484 e. The van der Waals surface area contributed by atoms with Gasteiger partial charge < -0.3 is 14.7 Å². The summed E-state index contributed by atoms with van der Waals surface area (Å²) in [6.07, 6.45) is 0. The molecule has 1 aromatic rings. The van der Waals surface area contributed by atoms with Crippen LogP contribution in [0.25, 0.3) is 0 Å². The number of benzene rings is 1. The summed E-state index contributed by atoms with van der Waals surface area (Å²) in [5.74, 6) is -0.803. The third kappa shape index (κ3) is 3.98. The van der Waals surface area contributed by atoms with E-state index in [4.69, 9.17) is 9.84 Å². The smallest absolute Gasteiger partial charge is 0.326 e. The lowest BCUT2D eigenvalue weighted by atomic mass is 10.1. The van der Waals surface area contributed by atoms with Crippen molar-refractivity contribution in [2.24, 2.45) is 0 Å². The molecule has 5 heteroatoms. The third-order valence-corrected chi connectivity index (χ3v) is 3.17. The lowest BCUT2D eigenvalue weighted by Gasteiger charge is -2.21. The summed E-state index contributed by atoms with van der Waals surface area (Å²) in [5, 5.41) is 8.82. The molecule has 0 radical (unpaired) electrons. The fourth-order valence-corrected chi connectivity index (χ4v) is 1.43. The molecule has 1 atom stereocenters. The summed E-state index contributed by atoms with van der Waals surface area (Å²) in [6.45, 7) is 5.24. The zero-order chi connectivity index (χ0) is 14.6. The molecule has 0 saturated heterocycles. The first kappa shape index (κ1) is 15.0. The molecule has 19 heavy (non-hydrogen) atoms. The first-order valence-corrected chi connectivity index (χ1v) is 6.01. The van der Waals surface area contributed by atoms with E-state index in [0.717, 1.165) is 16.0 Å². The maximum Gasteiger partial charge on any atom is 0.326 e. The van der Waals surface area contributed by atoms with Crippen LogP contribution in [-0.2, 0) is 9.59 Å². The molecule has 5 nitrogen and oxygen atoms in total. The Morgan fingerprint density at radius 2 is 1.95 bits per heavy atom. The molecule has 0 spiro atoms. The van der Waals surface area contributed by atoms with Gasteiger partial charge in [0.1, 0.15) is 11.8 Å². The molecule has 0 saturated carbocycles. The maximum absolute atomic E-state index is 11.8. The Morgan fingerprint density at radius 3 is 2.47 bits per heavy atom. The average Bonchev–Trinajstić information content (AvgIpc) is 2.37. The van der Waals surface area contributed by atoms with Crippen LogP contribution < -0.4 is 4.74 Å². The van der Waals surface area contributed by atoms with E-state index in [1.807, 2.05) is 26.0 Å². The molecule has 0 bridgehead atoms. The van der Waals surface area contributed by atoms with E-state index < -0.39 is 12.0 Å². The minimum absolute atomic E-state index is 0.170. The van der Waals surface area contributed by atoms with Crippen LogP contribution in [0.4, 0.5) is 0 Å². The van der Waals surface area contributed by atoms with Crippen molar-refractivity contribution in [1.82, 2.24) is 4.90 Å². The number of carboxylic acids is 1. The Kier molecular flexibility index (Phi) is 4.92. The molecular weight excluding hydrogens is 246 g/mol. The van der Waals surface area contributed by atoms with Crippen LogP contribution >= 0.6 is 0 Å². The van der Waals surface area contributed by atoms with Gasteiger partial charge in [0.05, 0.1) is 0 Å². The normalized spacial score (nSPS) is 11.8. The van der Waals surface area contributed by atoms with E-state index >= 15 is 0 Å². The highest BCUT2D eigenvalue weighted by atomic mass is 16.5. The molecule has 0 fully saturated rings. The number of carbonyl (C=O) groups is 2. The highest BCUT2D eigenvalue weighted by molar-refractivity contribution is 5.84. The van der Waals surface area contributed by atoms with Gasteiger partial charge in [0.25, 0.3) is 5.91 Å². The Labute approximate surface area is 112 Å². The molecule has 1 rings (SSSR count). The van der Waals surface area contributed by atoms with Crippen molar-refractivity contribution >= 4 is 11.9 Å². The number of rotatable bonds is 5. The van der Waals surface area contributed by atoms with Gasteiger partial charge >= 0.3 is 5.97 Å². The van der Waals surface area contributed by atoms with Gasteiger partial charge in [0, 0.05) is 7.05 Å². The summed E-state index contributed by atoms with van der Waals surface area (Å²) in [4.78, 5) is 23.7. The Hall–Kier alpha value is -2.04. The molecule has 0 heterocycles. The van der Waals surface area contributed by atoms with Gasteiger partial charge in [-0.2, -0.15) is 0 Å². The van der Waals surface area contributed by atoms with E-state index in [-0.39, 0.29) is 12.5 Å². The number of likely N-dealkylation sites (N-methyl/N-ethyl adjacent to an activating group) is 1. The number of hydrogen-bond acceptors (Lipinski definition) is 3. The van der Waals surface area contributed by atoms with Crippen LogP contribution in [0.15, 0.2) is 18.2 Å². The second kappa shape index (κ2) is 6.22. The van der Waals surface area contributed by atoms with Gasteiger partial charge in [-0.15, -0.1) is 0 Å². The maximum atomic E-state index is 11.8. The van der Waals surface area contributed by atoms with Crippen molar-refractivity contribution in [1.29, 1.82) is 0 Å². The number of ether oxygens (including phenoxy) is 1. The van der Waals surface area contributed by atoms with Crippen molar-refractivity contribution in [3.8, 4) is 5.75 Å². The molecule has 104 valence electrons. The molecule has 0 aliphatic carbocycles. The molecule has 1 unspecified atom stereocenters. The summed E-state index contributed by atoms with van der Waals surface area (Å²) in [5.41, 5.74) is 2.23. The quantitative estimate of drug-likeness (QED) is 0.878. The van der Waals surface area contributed by atoms with Crippen LogP contribution in [0.3, 0.4) is 0 Å². The number of amides is 1. The van der Waals surface area contributed by atoms with E-state index in [0.29, 0.717) is 5.75 Å². The summed E-state index contributed by atoms with van der Waals surface area (Å²) in [6, 6.07) is 4.69. The molecule has 1 N–H and O–H groups in total. The minimum atomic E-state index is -1.04. The van der Waals surface area contributed by atoms with Crippen molar-refractivity contribution < 1.29 is 19.4 Å². The highest BCUT2D eigenvalue weighted by Gasteiger charge is 2.21. The van der Waals surface area contributed by atoms with Gasteiger partial charge in [-0.1, -0.05) is 6.07 Å². The second-order valence-electron chi connectivity index (χ2n) is 4.55. The summed E-state index contributed by atoms with van der Waals surface area (Å²) < 4.78 is 5.37. The molecule has 1 amide bonds. The Morgan fingerprint density at radius 1 is 1.32 bits per heavy atom. The van der Waals surface area contributed by atoms with Gasteiger partial charge in [0.2, 0.25) is 0 Å². The average molecular weight is 265 g/mol. The predicted octanol–water partition coefficient (Wildman–Crippen LogP) is 1.61. The first-order chi connectivity index (χ1) is 8.82. The van der Waals surface area contributed by atoms with Crippen LogP contribution in [0.5, 0.6) is 5.75 Å². The third-order valence-electron chi connectivity index (χ3n) is 3.17. The van der Waals surface area contributed by atoms with Crippen LogP contribution in [0.1, 0.15) is 18.1 Å². The van der Waals surface area contributed by atoms with Crippen molar-refractivity contribution in [2.75, 3.05) is 13.7 Å². The monoisotopic (exact) mass is 265 g/mol. The van der Waals surface area contributed by atoms with E-state index in [1.165, 1.54) is 14.0 Å². The number of hydrogen-bond donors (Lipinski definition) is 1. The number of aliphatic carboxylic acids is 1. The number of nitrogens with zero attached hydrogens (tertiary/aromatic N) is 1. The van der Waals surface area contributed by atoms with Crippen molar-refractivity contribution in [2.45, 2.75) is 26.8 Å². The molecule has 1 aromatic carbocycles. The topological polar surface area (TPSA) is 66.8 Å². The van der Waals surface area contributed by atoms with Crippen LogP contribution in [0, 0.1) is 13.8 Å². The van der Waals surface area contributed by atoms with Gasteiger partial charge in [-0.3, -0.25) is 4.79 Å². The standard InChI is InChI=1S/C14H19NO4/c1-9-5-6-12(7-10(9)2)19-8-13(16)15(4)11(3)14(17)18/h5-7,11H,8H2,1-4H3,(H,17,18).